The number of aliphatic hydroxyl groups is 1. The molecule has 1 aromatic carbocycles. The number of hydrogen-bond donors (Lipinski definition) is 1. The molecule has 1 aromatic rings. The average Bonchev–Trinajstić information content (AvgIpc) is 2.90. The molecule has 1 fully saturated rings. The second-order valence-electron chi connectivity index (χ2n) is 5.57. The van der Waals surface area contributed by atoms with Gasteiger partial charge in [0.1, 0.15) is 0 Å². The van der Waals surface area contributed by atoms with Gasteiger partial charge in [-0.05, 0) is 25.0 Å². The maximum atomic E-state index is 12.6. The Bertz CT molecular complexity index is 532. The van der Waals surface area contributed by atoms with Crippen molar-refractivity contribution >= 4 is 16.7 Å². The molecule has 0 heterocycles. The second-order valence-corrected chi connectivity index (χ2v) is 7.28. The van der Waals surface area contributed by atoms with E-state index in [4.69, 9.17) is 0 Å². The fourth-order valence-electron chi connectivity index (χ4n) is 2.87. The van der Waals surface area contributed by atoms with E-state index in [1.165, 1.54) is 0 Å². The first-order chi connectivity index (χ1) is 10.0. The van der Waals surface area contributed by atoms with E-state index in [1.807, 2.05) is 6.92 Å². The van der Waals surface area contributed by atoms with Gasteiger partial charge in [0.05, 0.1) is 27.4 Å². The monoisotopic (exact) mass is 309 g/mol. The molecule has 3 unspecified atom stereocenters. The highest BCUT2D eigenvalue weighted by atomic mass is 32.2. The molecule has 1 N–H and O–H groups in total. The predicted octanol–water partition coefficient (Wildman–Crippen LogP) is 2.05. The van der Waals surface area contributed by atoms with Crippen molar-refractivity contribution < 1.29 is 14.1 Å². The van der Waals surface area contributed by atoms with Gasteiger partial charge in [-0.3, -0.25) is 9.00 Å². The summed E-state index contributed by atoms with van der Waals surface area (Å²) in [6.07, 6.45) is 2.50. The van der Waals surface area contributed by atoms with Gasteiger partial charge in [-0.15, -0.1) is 0 Å². The van der Waals surface area contributed by atoms with Crippen LogP contribution in [0.3, 0.4) is 0 Å². The second kappa shape index (κ2) is 7.18. The highest BCUT2D eigenvalue weighted by molar-refractivity contribution is 7.85. The zero-order valence-electron chi connectivity index (χ0n) is 12.6. The van der Waals surface area contributed by atoms with Crippen LogP contribution in [-0.4, -0.2) is 45.6 Å². The van der Waals surface area contributed by atoms with E-state index in [-0.39, 0.29) is 17.9 Å². The lowest BCUT2D eigenvalue weighted by Crippen LogP contribution is -2.35. The summed E-state index contributed by atoms with van der Waals surface area (Å²) < 4.78 is 12.1. The lowest BCUT2D eigenvalue weighted by Gasteiger charge is -2.24. The van der Waals surface area contributed by atoms with E-state index in [9.17, 15) is 14.1 Å². The lowest BCUT2D eigenvalue weighted by atomic mass is 10.1. The smallest absolute Gasteiger partial charge is 0.254 e. The number of benzene rings is 1. The molecular weight excluding hydrogens is 286 g/mol. The number of aliphatic hydroxyl groups excluding tert-OH is 1. The molecule has 21 heavy (non-hydrogen) atoms. The zero-order valence-corrected chi connectivity index (χ0v) is 13.4. The highest BCUT2D eigenvalue weighted by Crippen LogP contribution is 2.26. The Kier molecular flexibility index (Phi) is 5.53. The Labute approximate surface area is 128 Å². The van der Waals surface area contributed by atoms with Crippen molar-refractivity contribution in [2.45, 2.75) is 37.2 Å². The number of carbonyl (C=O) groups excluding carboxylic acids is 1. The molecule has 1 saturated carbocycles. The maximum Gasteiger partial charge on any atom is 0.254 e. The zero-order chi connectivity index (χ0) is 15.4. The van der Waals surface area contributed by atoms with Gasteiger partial charge in [0.2, 0.25) is 0 Å². The molecule has 2 rings (SSSR count). The standard InChI is InChI=1S/C16H23NO3S/c1-3-21(20)15-10-5-4-8-13(15)16(19)17(2)11-12-7-6-9-14(12)18/h4-5,8,10,12,14,18H,3,6-7,9,11H2,1-2H3. The van der Waals surface area contributed by atoms with Crippen LogP contribution in [0.4, 0.5) is 0 Å². The Hall–Kier alpha value is -1.20. The maximum absolute atomic E-state index is 12.6. The van der Waals surface area contributed by atoms with Crippen molar-refractivity contribution in [2.75, 3.05) is 19.3 Å². The van der Waals surface area contributed by atoms with Crippen LogP contribution in [0.5, 0.6) is 0 Å². The van der Waals surface area contributed by atoms with E-state index in [2.05, 4.69) is 0 Å². The third-order valence-electron chi connectivity index (χ3n) is 4.10. The molecule has 5 heteroatoms. The van der Waals surface area contributed by atoms with Crippen molar-refractivity contribution in [1.29, 1.82) is 0 Å². The number of amides is 1. The minimum atomic E-state index is -1.15. The summed E-state index contributed by atoms with van der Waals surface area (Å²) in [7, 11) is 0.602. The van der Waals surface area contributed by atoms with Crippen LogP contribution >= 0.6 is 0 Å². The van der Waals surface area contributed by atoms with Gasteiger partial charge in [0.15, 0.2) is 0 Å². The molecule has 0 bridgehead atoms. The molecule has 0 saturated heterocycles. The molecular formula is C16H23NO3S. The normalized spacial score (nSPS) is 23.0. The number of carbonyl (C=O) groups is 1. The van der Waals surface area contributed by atoms with E-state index < -0.39 is 10.8 Å². The first kappa shape index (κ1) is 16.2. The minimum absolute atomic E-state index is 0.119. The first-order valence-corrected chi connectivity index (χ1v) is 8.77. The summed E-state index contributed by atoms with van der Waals surface area (Å²) in [5.41, 5.74) is 0.507. The fraction of sp³-hybridized carbons (Fsp3) is 0.562. The van der Waals surface area contributed by atoms with Crippen molar-refractivity contribution in [3.63, 3.8) is 0 Å². The summed E-state index contributed by atoms with van der Waals surface area (Å²) in [6, 6.07) is 7.08. The summed E-state index contributed by atoms with van der Waals surface area (Å²) in [5.74, 6) is 0.532. The van der Waals surface area contributed by atoms with E-state index >= 15 is 0 Å². The molecule has 1 amide bonds. The summed E-state index contributed by atoms with van der Waals surface area (Å²) in [5, 5.41) is 9.88. The molecule has 3 atom stereocenters. The Balaban J connectivity index is 2.14. The van der Waals surface area contributed by atoms with Crippen LogP contribution < -0.4 is 0 Å². The van der Waals surface area contributed by atoms with E-state index in [1.54, 1.807) is 36.2 Å². The highest BCUT2D eigenvalue weighted by Gasteiger charge is 2.28. The van der Waals surface area contributed by atoms with Gasteiger partial charge in [-0.25, -0.2) is 0 Å². The number of hydrogen-bond acceptors (Lipinski definition) is 3. The molecule has 0 aromatic heterocycles. The van der Waals surface area contributed by atoms with Crippen molar-refractivity contribution in [3.05, 3.63) is 29.8 Å². The predicted molar refractivity (Wildman–Crippen MR) is 83.7 cm³/mol. The Morgan fingerprint density at radius 2 is 2.10 bits per heavy atom. The molecule has 4 nitrogen and oxygen atoms in total. The molecule has 1 aliphatic rings. The van der Waals surface area contributed by atoms with Gasteiger partial charge in [0, 0.05) is 25.3 Å². The van der Waals surface area contributed by atoms with Crippen molar-refractivity contribution in [1.82, 2.24) is 4.90 Å². The summed E-state index contributed by atoms with van der Waals surface area (Å²) in [4.78, 5) is 14.8. The Morgan fingerprint density at radius 3 is 2.71 bits per heavy atom. The van der Waals surface area contributed by atoms with Crippen LogP contribution in [0.25, 0.3) is 0 Å². The minimum Gasteiger partial charge on any atom is -0.393 e. The van der Waals surface area contributed by atoms with Gasteiger partial charge in [0.25, 0.3) is 5.91 Å². The van der Waals surface area contributed by atoms with Gasteiger partial charge in [-0.1, -0.05) is 25.5 Å². The first-order valence-electron chi connectivity index (χ1n) is 7.45. The SMILES string of the molecule is CCS(=O)c1ccccc1C(=O)N(C)CC1CCCC1O. The molecule has 0 radical (unpaired) electrons. The lowest BCUT2D eigenvalue weighted by molar-refractivity contribution is 0.0690. The fourth-order valence-corrected chi connectivity index (χ4v) is 3.81. The number of rotatable bonds is 5. The molecule has 0 spiro atoms. The van der Waals surface area contributed by atoms with E-state index in [0.717, 1.165) is 19.3 Å². The molecule has 116 valence electrons. The molecule has 0 aliphatic heterocycles. The third kappa shape index (κ3) is 3.71. The number of nitrogens with zero attached hydrogens (tertiary/aromatic N) is 1. The summed E-state index contributed by atoms with van der Waals surface area (Å²) in [6.45, 7) is 2.39. The van der Waals surface area contributed by atoms with Crippen LogP contribution in [0, 0.1) is 5.92 Å². The third-order valence-corrected chi connectivity index (χ3v) is 5.47. The van der Waals surface area contributed by atoms with Crippen LogP contribution in [-0.2, 0) is 10.8 Å². The Morgan fingerprint density at radius 1 is 1.38 bits per heavy atom. The van der Waals surface area contributed by atoms with Gasteiger partial charge >= 0.3 is 0 Å². The quantitative estimate of drug-likeness (QED) is 0.905. The summed E-state index contributed by atoms with van der Waals surface area (Å²) >= 11 is 0. The largest absolute Gasteiger partial charge is 0.393 e. The van der Waals surface area contributed by atoms with Crippen molar-refractivity contribution in [3.8, 4) is 0 Å². The van der Waals surface area contributed by atoms with Gasteiger partial charge in [-0.2, -0.15) is 0 Å². The van der Waals surface area contributed by atoms with Crippen LogP contribution in [0.1, 0.15) is 36.5 Å². The van der Waals surface area contributed by atoms with E-state index in [0.29, 0.717) is 22.8 Å². The molecule has 1 aliphatic carbocycles. The van der Waals surface area contributed by atoms with Crippen LogP contribution in [0.2, 0.25) is 0 Å². The van der Waals surface area contributed by atoms with Crippen molar-refractivity contribution in [2.24, 2.45) is 5.92 Å². The van der Waals surface area contributed by atoms with Crippen LogP contribution in [0.15, 0.2) is 29.2 Å². The van der Waals surface area contributed by atoms with Gasteiger partial charge < -0.3 is 10.0 Å². The topological polar surface area (TPSA) is 57.6 Å². The average molecular weight is 309 g/mol.